The molecule has 0 radical (unpaired) electrons. The van der Waals surface area contributed by atoms with Crippen molar-refractivity contribution in [2.75, 3.05) is 26.2 Å². The maximum Gasteiger partial charge on any atom is 0.407 e. The predicted octanol–water partition coefficient (Wildman–Crippen LogP) is 3.23. The fourth-order valence-electron chi connectivity index (χ4n) is 3.61. The van der Waals surface area contributed by atoms with Crippen LogP contribution in [0.2, 0.25) is 0 Å². The van der Waals surface area contributed by atoms with E-state index in [1.165, 1.54) is 11.3 Å². The van der Waals surface area contributed by atoms with Gasteiger partial charge >= 0.3 is 6.09 Å². The van der Waals surface area contributed by atoms with Gasteiger partial charge in [-0.2, -0.15) is 0 Å². The average Bonchev–Trinajstić information content (AvgIpc) is 3.24. The van der Waals surface area contributed by atoms with Gasteiger partial charge in [-0.1, -0.05) is 30.3 Å². The molecule has 0 saturated carbocycles. The lowest BCUT2D eigenvalue weighted by molar-refractivity contribution is -0.126. The molecule has 1 atom stereocenters. The Labute approximate surface area is 198 Å². The van der Waals surface area contributed by atoms with Gasteiger partial charge in [-0.15, -0.1) is 11.3 Å². The first-order chi connectivity index (χ1) is 15.7. The van der Waals surface area contributed by atoms with E-state index in [-0.39, 0.29) is 24.3 Å². The van der Waals surface area contributed by atoms with E-state index < -0.39 is 11.7 Å². The van der Waals surface area contributed by atoms with Gasteiger partial charge in [0.15, 0.2) is 0 Å². The van der Waals surface area contributed by atoms with Gasteiger partial charge in [0, 0.05) is 38.0 Å². The Balaban J connectivity index is 1.45. The van der Waals surface area contributed by atoms with Crippen molar-refractivity contribution in [2.45, 2.75) is 45.6 Å². The predicted molar refractivity (Wildman–Crippen MR) is 127 cm³/mol. The minimum absolute atomic E-state index is 0.110. The number of carbonyl (C=O) groups excluding carboxylic acids is 3. The molecule has 0 aliphatic carbocycles. The lowest BCUT2D eigenvalue weighted by atomic mass is 9.97. The first-order valence-corrected chi connectivity index (χ1v) is 12.1. The Bertz CT molecular complexity index is 955. The number of alkyl carbamates (subject to hydrolysis) is 1. The monoisotopic (exact) mass is 472 g/mol. The lowest BCUT2D eigenvalue weighted by Crippen LogP contribution is -2.46. The molecule has 2 N–H and O–H groups in total. The summed E-state index contributed by atoms with van der Waals surface area (Å²) in [7, 11) is 0. The van der Waals surface area contributed by atoms with Crippen molar-refractivity contribution in [2.24, 2.45) is 5.92 Å². The molecule has 2 heterocycles. The van der Waals surface area contributed by atoms with Crippen molar-refractivity contribution in [1.29, 1.82) is 0 Å². The van der Waals surface area contributed by atoms with E-state index in [4.69, 9.17) is 4.74 Å². The molecule has 178 valence electrons. The van der Waals surface area contributed by atoms with Crippen molar-refractivity contribution < 1.29 is 19.1 Å². The van der Waals surface area contributed by atoms with Crippen molar-refractivity contribution in [1.82, 2.24) is 20.5 Å². The van der Waals surface area contributed by atoms with Crippen molar-refractivity contribution in [3.8, 4) is 0 Å². The van der Waals surface area contributed by atoms with Crippen LogP contribution >= 0.6 is 11.3 Å². The van der Waals surface area contributed by atoms with E-state index in [1.54, 1.807) is 31.1 Å². The normalized spacial score (nSPS) is 16.2. The number of aromatic nitrogens is 1. The highest BCUT2D eigenvalue weighted by atomic mass is 32.1. The smallest absolute Gasteiger partial charge is 0.407 e. The number of rotatable bonds is 7. The molecule has 0 bridgehead atoms. The number of nitrogens with zero attached hydrogens (tertiary/aromatic N) is 2. The van der Waals surface area contributed by atoms with Crippen LogP contribution in [0.3, 0.4) is 0 Å². The lowest BCUT2D eigenvalue weighted by Gasteiger charge is -2.31. The van der Waals surface area contributed by atoms with Crippen LogP contribution < -0.4 is 10.6 Å². The van der Waals surface area contributed by atoms with E-state index in [9.17, 15) is 14.4 Å². The fraction of sp³-hybridized carbons (Fsp3) is 0.500. The molecule has 1 aliphatic rings. The molecule has 0 spiro atoms. The average molecular weight is 473 g/mol. The summed E-state index contributed by atoms with van der Waals surface area (Å²) in [4.78, 5) is 43.4. The summed E-state index contributed by atoms with van der Waals surface area (Å²) in [5.41, 5.74) is 1.03. The molecule has 3 amide bonds. The second kappa shape index (κ2) is 11.3. The maximum absolute atomic E-state index is 13.0. The van der Waals surface area contributed by atoms with E-state index in [0.29, 0.717) is 31.7 Å². The van der Waals surface area contributed by atoms with Gasteiger partial charge in [0.1, 0.15) is 11.3 Å². The second-order valence-electron chi connectivity index (χ2n) is 9.10. The van der Waals surface area contributed by atoms with Crippen LogP contribution in [0, 0.1) is 5.92 Å². The Hall–Kier alpha value is -2.94. The number of thiazole rings is 1. The number of benzene rings is 1. The summed E-state index contributed by atoms with van der Waals surface area (Å²) in [6.07, 6.45) is 1.68. The Morgan fingerprint density at radius 1 is 1.15 bits per heavy atom. The molecule has 1 unspecified atom stereocenters. The number of ether oxygens (including phenoxy) is 1. The van der Waals surface area contributed by atoms with Gasteiger partial charge in [-0.25, -0.2) is 9.78 Å². The first kappa shape index (κ1) is 24.7. The molecular weight excluding hydrogens is 440 g/mol. The zero-order valence-corrected chi connectivity index (χ0v) is 20.2. The third kappa shape index (κ3) is 7.85. The zero-order chi connectivity index (χ0) is 23.8. The van der Waals surface area contributed by atoms with E-state index >= 15 is 0 Å². The summed E-state index contributed by atoms with van der Waals surface area (Å²) in [5.74, 6) is -0.511. The highest BCUT2D eigenvalue weighted by Gasteiger charge is 2.29. The van der Waals surface area contributed by atoms with Gasteiger partial charge in [-0.05, 0) is 39.2 Å². The quantitative estimate of drug-likeness (QED) is 0.603. The summed E-state index contributed by atoms with van der Waals surface area (Å²) >= 11 is 1.48. The molecule has 3 rings (SSSR count). The first-order valence-electron chi connectivity index (χ1n) is 11.2. The third-order valence-electron chi connectivity index (χ3n) is 5.14. The van der Waals surface area contributed by atoms with Gasteiger partial charge in [0.25, 0.3) is 5.91 Å². The fourth-order valence-corrected chi connectivity index (χ4v) is 4.41. The van der Waals surface area contributed by atoms with Crippen LogP contribution in [0.1, 0.15) is 54.7 Å². The molecule has 9 heteroatoms. The summed E-state index contributed by atoms with van der Waals surface area (Å²) in [6, 6.07) is 10.0. The highest BCUT2D eigenvalue weighted by molar-refractivity contribution is 7.09. The van der Waals surface area contributed by atoms with Crippen molar-refractivity contribution in [3.05, 3.63) is 52.0 Å². The summed E-state index contributed by atoms with van der Waals surface area (Å²) in [6.45, 7) is 6.95. The molecule has 33 heavy (non-hydrogen) atoms. The molecule has 1 fully saturated rings. The molecule has 2 aromatic rings. The van der Waals surface area contributed by atoms with Crippen LogP contribution in [0.15, 0.2) is 35.7 Å². The largest absolute Gasteiger partial charge is 0.444 e. The van der Waals surface area contributed by atoms with Gasteiger partial charge in [0.2, 0.25) is 5.91 Å². The number of hydrogen-bond donors (Lipinski definition) is 2. The zero-order valence-electron chi connectivity index (χ0n) is 19.4. The molecule has 1 saturated heterocycles. The molecular formula is C24H32N4O4S. The Kier molecular flexibility index (Phi) is 8.43. The topological polar surface area (TPSA) is 101 Å². The Morgan fingerprint density at radius 3 is 2.61 bits per heavy atom. The van der Waals surface area contributed by atoms with E-state index in [1.807, 2.05) is 30.3 Å². The summed E-state index contributed by atoms with van der Waals surface area (Å²) < 4.78 is 5.17. The van der Waals surface area contributed by atoms with Gasteiger partial charge < -0.3 is 20.3 Å². The van der Waals surface area contributed by atoms with Gasteiger partial charge in [-0.3, -0.25) is 9.59 Å². The number of amides is 3. The van der Waals surface area contributed by atoms with Crippen LogP contribution in [0.25, 0.3) is 0 Å². The van der Waals surface area contributed by atoms with Crippen LogP contribution in [-0.2, 0) is 16.0 Å². The second-order valence-corrected chi connectivity index (χ2v) is 10.0. The summed E-state index contributed by atoms with van der Waals surface area (Å²) in [5, 5.41) is 8.15. The highest BCUT2D eigenvalue weighted by Crippen LogP contribution is 2.21. The number of carbonyl (C=O) groups is 3. The van der Waals surface area contributed by atoms with Crippen LogP contribution in [0.5, 0.6) is 0 Å². The van der Waals surface area contributed by atoms with E-state index in [0.717, 1.165) is 23.4 Å². The number of nitrogens with one attached hydrogen (secondary N) is 2. The third-order valence-corrected chi connectivity index (χ3v) is 5.99. The number of hydrogen-bond acceptors (Lipinski definition) is 6. The molecule has 1 aliphatic heterocycles. The molecule has 8 nitrogen and oxygen atoms in total. The standard InChI is InChI=1S/C24H32N4O4S/c1-24(2,3)32-23(31)26-12-11-25-21(29)18-10-7-13-28(15-18)22(30)19-16-33-20(27-19)14-17-8-5-4-6-9-17/h4-6,8-9,16,18H,7,10-15H2,1-3H3,(H,25,29)(H,26,31). The van der Waals surface area contributed by atoms with E-state index in [2.05, 4.69) is 15.6 Å². The Morgan fingerprint density at radius 2 is 1.88 bits per heavy atom. The number of piperidine rings is 1. The minimum Gasteiger partial charge on any atom is -0.444 e. The van der Waals surface area contributed by atoms with Crippen molar-refractivity contribution in [3.63, 3.8) is 0 Å². The van der Waals surface area contributed by atoms with Crippen LogP contribution in [-0.4, -0.2) is 59.6 Å². The molecule has 1 aromatic carbocycles. The molecule has 1 aromatic heterocycles. The maximum atomic E-state index is 13.0. The van der Waals surface area contributed by atoms with Crippen molar-refractivity contribution >= 4 is 29.2 Å². The minimum atomic E-state index is -0.564. The van der Waals surface area contributed by atoms with Gasteiger partial charge in [0.05, 0.1) is 10.9 Å². The number of likely N-dealkylation sites (tertiary alicyclic amines) is 1. The van der Waals surface area contributed by atoms with Crippen LogP contribution in [0.4, 0.5) is 4.79 Å². The SMILES string of the molecule is CC(C)(C)OC(=O)NCCNC(=O)C1CCCN(C(=O)c2csc(Cc3ccccc3)n2)C1.